The highest BCUT2D eigenvalue weighted by Gasteiger charge is 2.24. The predicted octanol–water partition coefficient (Wildman–Crippen LogP) is 3.64. The van der Waals surface area contributed by atoms with E-state index in [1.54, 1.807) is 62.0 Å². The van der Waals surface area contributed by atoms with Crippen molar-refractivity contribution >= 4 is 17.8 Å². The van der Waals surface area contributed by atoms with E-state index in [2.05, 4.69) is 15.4 Å². The average Bonchev–Trinajstić information content (AvgIpc) is 3.24. The van der Waals surface area contributed by atoms with Gasteiger partial charge in [0.25, 0.3) is 0 Å². The summed E-state index contributed by atoms with van der Waals surface area (Å²) in [5.41, 5.74) is 1.11. The number of carbonyl (C=O) groups is 2. The lowest BCUT2D eigenvalue weighted by Gasteiger charge is -2.26. The molecule has 0 saturated heterocycles. The summed E-state index contributed by atoms with van der Waals surface area (Å²) in [4.78, 5) is 30.8. The molecule has 1 aromatic carbocycles. The van der Waals surface area contributed by atoms with Crippen LogP contribution in [0.3, 0.4) is 0 Å². The number of rotatable bonds is 9. The number of nitrogens with one attached hydrogen (secondary N) is 1. The molecule has 0 saturated carbocycles. The number of carbonyl (C=O) groups excluding carboxylic acids is 2. The van der Waals surface area contributed by atoms with E-state index in [0.717, 1.165) is 0 Å². The third-order valence-corrected chi connectivity index (χ3v) is 4.86. The molecule has 11 heteroatoms. The van der Waals surface area contributed by atoms with Crippen molar-refractivity contribution in [3.05, 3.63) is 54.5 Å². The number of aliphatic hydroxyl groups excluding tert-OH is 1. The van der Waals surface area contributed by atoms with Gasteiger partial charge in [-0.2, -0.15) is 0 Å². The van der Waals surface area contributed by atoms with Gasteiger partial charge in [-0.25, -0.2) is 18.9 Å². The number of aliphatic hydroxyl groups is 1. The monoisotopic (exact) mass is 499 g/mol. The fraction of sp³-hybridized carbons (Fsp3) is 0.360. The molecule has 36 heavy (non-hydrogen) atoms. The molecule has 0 radical (unpaired) electrons. The summed E-state index contributed by atoms with van der Waals surface area (Å²) in [5, 5.41) is 16.4. The molecule has 0 spiro atoms. The number of anilines is 1. The largest absolute Gasteiger partial charge is 0.481 e. The van der Waals surface area contributed by atoms with Crippen molar-refractivity contribution in [2.24, 2.45) is 0 Å². The van der Waals surface area contributed by atoms with Crippen LogP contribution in [0.15, 0.2) is 48.7 Å². The summed E-state index contributed by atoms with van der Waals surface area (Å²) in [6, 6.07) is 10.9. The number of halogens is 1. The Balaban J connectivity index is 1.86. The van der Waals surface area contributed by atoms with Gasteiger partial charge in [-0.15, -0.1) is 5.10 Å². The molecule has 0 atom stereocenters. The minimum atomic E-state index is -0.736. The van der Waals surface area contributed by atoms with Crippen LogP contribution in [0.2, 0.25) is 0 Å². The zero-order valence-electron chi connectivity index (χ0n) is 20.7. The fourth-order valence-corrected chi connectivity index (χ4v) is 3.26. The third-order valence-electron chi connectivity index (χ3n) is 4.86. The number of amides is 2. The van der Waals surface area contributed by atoms with Crippen molar-refractivity contribution in [2.75, 3.05) is 32.1 Å². The molecule has 10 nitrogen and oxygen atoms in total. The maximum atomic E-state index is 13.5. The van der Waals surface area contributed by atoms with Crippen molar-refractivity contribution in [2.45, 2.75) is 32.8 Å². The van der Waals surface area contributed by atoms with Gasteiger partial charge >= 0.3 is 6.09 Å². The highest BCUT2D eigenvalue weighted by molar-refractivity contribution is 5.93. The second-order valence-corrected chi connectivity index (χ2v) is 8.92. The van der Waals surface area contributed by atoms with Gasteiger partial charge in [0.05, 0.1) is 24.7 Å². The van der Waals surface area contributed by atoms with E-state index in [-0.39, 0.29) is 31.3 Å². The Morgan fingerprint density at radius 2 is 1.89 bits per heavy atom. The van der Waals surface area contributed by atoms with E-state index < -0.39 is 17.6 Å². The summed E-state index contributed by atoms with van der Waals surface area (Å²) < 4.78 is 25.5. The lowest BCUT2D eigenvalue weighted by atomic mass is 10.1. The second-order valence-electron chi connectivity index (χ2n) is 8.92. The van der Waals surface area contributed by atoms with E-state index in [1.165, 1.54) is 24.1 Å². The SMILES string of the molecule is COc1ccc(-n2nc(NC(=O)CN(CCCO)C(=O)OC(C)(C)C)cc2-c2ccc(F)cc2)cn1. The Morgan fingerprint density at radius 3 is 2.47 bits per heavy atom. The van der Waals surface area contributed by atoms with Crippen molar-refractivity contribution in [1.82, 2.24) is 19.7 Å². The van der Waals surface area contributed by atoms with Gasteiger partial charge in [0.2, 0.25) is 11.8 Å². The molecule has 0 fully saturated rings. The maximum Gasteiger partial charge on any atom is 0.410 e. The van der Waals surface area contributed by atoms with Crippen LogP contribution in [0.4, 0.5) is 15.0 Å². The highest BCUT2D eigenvalue weighted by atomic mass is 19.1. The number of pyridine rings is 1. The molecule has 0 aliphatic rings. The van der Waals surface area contributed by atoms with Crippen LogP contribution in [-0.2, 0) is 9.53 Å². The maximum absolute atomic E-state index is 13.5. The topological polar surface area (TPSA) is 119 Å². The number of nitrogens with zero attached hydrogens (tertiary/aromatic N) is 4. The van der Waals surface area contributed by atoms with Crippen LogP contribution in [0.1, 0.15) is 27.2 Å². The van der Waals surface area contributed by atoms with Crippen LogP contribution in [0.5, 0.6) is 5.88 Å². The first-order chi connectivity index (χ1) is 17.1. The summed E-state index contributed by atoms with van der Waals surface area (Å²) in [5.74, 6) is -0.231. The second kappa shape index (κ2) is 11.6. The molecule has 2 N–H and O–H groups in total. The predicted molar refractivity (Wildman–Crippen MR) is 131 cm³/mol. The van der Waals surface area contributed by atoms with Crippen LogP contribution < -0.4 is 10.1 Å². The van der Waals surface area contributed by atoms with Gasteiger partial charge in [-0.1, -0.05) is 0 Å². The fourth-order valence-electron chi connectivity index (χ4n) is 3.26. The van der Waals surface area contributed by atoms with Crippen LogP contribution in [0.25, 0.3) is 16.9 Å². The first kappa shape index (κ1) is 26.6. The van der Waals surface area contributed by atoms with E-state index >= 15 is 0 Å². The van der Waals surface area contributed by atoms with Crippen molar-refractivity contribution < 1.29 is 28.6 Å². The first-order valence-electron chi connectivity index (χ1n) is 11.3. The molecule has 0 bridgehead atoms. The summed E-state index contributed by atoms with van der Waals surface area (Å²) >= 11 is 0. The zero-order chi connectivity index (χ0) is 26.3. The summed E-state index contributed by atoms with van der Waals surface area (Å²) in [7, 11) is 1.51. The number of ether oxygens (including phenoxy) is 2. The quantitative estimate of drug-likeness (QED) is 0.461. The minimum Gasteiger partial charge on any atom is -0.481 e. The van der Waals surface area contributed by atoms with Crippen molar-refractivity contribution in [1.29, 1.82) is 0 Å². The Morgan fingerprint density at radius 1 is 1.17 bits per heavy atom. The van der Waals surface area contributed by atoms with Gasteiger partial charge in [0.1, 0.15) is 18.0 Å². The molecule has 2 amide bonds. The Labute approximate surface area is 208 Å². The lowest BCUT2D eigenvalue weighted by molar-refractivity contribution is -0.117. The number of benzene rings is 1. The zero-order valence-corrected chi connectivity index (χ0v) is 20.7. The van der Waals surface area contributed by atoms with Gasteiger partial charge in [0, 0.05) is 30.8 Å². The van der Waals surface area contributed by atoms with Crippen molar-refractivity contribution in [3.8, 4) is 22.8 Å². The Kier molecular flexibility index (Phi) is 8.59. The number of hydrogen-bond donors (Lipinski definition) is 2. The highest BCUT2D eigenvalue weighted by Crippen LogP contribution is 2.26. The standard InChI is InChI=1S/C25H30FN5O5/c1-25(2,3)36-24(34)30(12-5-13-32)16-22(33)28-21-14-20(17-6-8-18(26)9-7-17)31(29-21)19-10-11-23(35-4)27-15-19/h6-11,14-15,32H,5,12-13,16H2,1-4H3,(H,28,29,33). The van der Waals surface area contributed by atoms with E-state index in [9.17, 15) is 19.1 Å². The molecule has 2 aromatic heterocycles. The summed E-state index contributed by atoms with van der Waals surface area (Å²) in [6.07, 6.45) is 1.19. The average molecular weight is 500 g/mol. The molecule has 0 aliphatic carbocycles. The molecule has 2 heterocycles. The number of aromatic nitrogens is 3. The Hall–Kier alpha value is -3.99. The van der Waals surface area contributed by atoms with Gasteiger partial charge < -0.3 is 19.9 Å². The van der Waals surface area contributed by atoms with E-state index in [1.807, 2.05) is 0 Å². The first-order valence-corrected chi connectivity index (χ1v) is 11.3. The number of hydrogen-bond acceptors (Lipinski definition) is 7. The Bertz CT molecular complexity index is 1170. The smallest absolute Gasteiger partial charge is 0.410 e. The molecular formula is C25H30FN5O5. The molecular weight excluding hydrogens is 469 g/mol. The van der Waals surface area contributed by atoms with Gasteiger partial charge in [-0.3, -0.25) is 9.69 Å². The molecule has 192 valence electrons. The van der Waals surface area contributed by atoms with E-state index in [4.69, 9.17) is 9.47 Å². The van der Waals surface area contributed by atoms with Crippen LogP contribution in [0, 0.1) is 5.82 Å². The van der Waals surface area contributed by atoms with Crippen LogP contribution >= 0.6 is 0 Å². The van der Waals surface area contributed by atoms with Gasteiger partial charge in [-0.05, 0) is 57.5 Å². The minimum absolute atomic E-state index is 0.137. The van der Waals surface area contributed by atoms with E-state index in [0.29, 0.717) is 29.2 Å². The van der Waals surface area contributed by atoms with Gasteiger partial charge in [0.15, 0.2) is 5.82 Å². The normalized spacial score (nSPS) is 11.2. The van der Waals surface area contributed by atoms with Crippen LogP contribution in [-0.4, -0.2) is 69.2 Å². The molecule has 3 aromatic rings. The molecule has 3 rings (SSSR count). The third kappa shape index (κ3) is 7.25. The molecule has 0 unspecified atom stereocenters. The lowest BCUT2D eigenvalue weighted by Crippen LogP contribution is -2.42. The number of methoxy groups -OCH3 is 1. The summed E-state index contributed by atoms with van der Waals surface area (Å²) in [6.45, 7) is 4.90. The molecule has 0 aliphatic heterocycles. The van der Waals surface area contributed by atoms with Crippen molar-refractivity contribution in [3.63, 3.8) is 0 Å².